The number of benzene rings is 3. The Kier molecular flexibility index (Phi) is 10.4. The van der Waals surface area contributed by atoms with Crippen molar-refractivity contribution in [3.05, 3.63) is 90.5 Å². The van der Waals surface area contributed by atoms with Gasteiger partial charge in [0.2, 0.25) is 5.91 Å². The molecule has 3 rings (SSSR count). The van der Waals surface area contributed by atoms with Gasteiger partial charge in [-0.15, -0.1) is 0 Å². The molecule has 0 saturated carbocycles. The molecule has 0 saturated heterocycles. The van der Waals surface area contributed by atoms with Gasteiger partial charge in [0.05, 0.1) is 13.0 Å². The average molecular weight is 506 g/mol. The number of ether oxygens (including phenoxy) is 2. The first-order valence-electron chi connectivity index (χ1n) is 11.4. The van der Waals surface area contributed by atoms with Crippen LogP contribution in [0.3, 0.4) is 0 Å². The summed E-state index contributed by atoms with van der Waals surface area (Å²) in [4.78, 5) is 36.0. The van der Waals surface area contributed by atoms with Crippen LogP contribution in [0.5, 0.6) is 5.75 Å². The molecule has 3 aromatic carbocycles. The summed E-state index contributed by atoms with van der Waals surface area (Å²) in [7, 11) is 0. The van der Waals surface area contributed by atoms with Gasteiger partial charge < -0.3 is 14.8 Å². The van der Waals surface area contributed by atoms with Crippen LogP contribution in [0, 0.1) is 0 Å². The maximum atomic E-state index is 12.1. The molecule has 0 atom stereocenters. The standard InChI is InChI=1S/C27H27N3O5S/c31-24(15-16-26(33)34-18-17-20-9-3-1-4-10-20)28-27(36)30-29-25(32)19-35-23-14-8-7-13-22(23)21-11-5-2-6-12-21/h1-14H,15-19H2,(H,29,32)(H2,28,30,31,36). The second kappa shape index (κ2) is 14.2. The molecule has 0 aromatic heterocycles. The average Bonchev–Trinajstić information content (AvgIpc) is 2.91. The minimum absolute atomic E-state index is 0.0791. The number of amides is 2. The highest BCUT2D eigenvalue weighted by atomic mass is 32.1. The molecule has 0 fully saturated rings. The monoisotopic (exact) mass is 505 g/mol. The van der Waals surface area contributed by atoms with E-state index in [0.29, 0.717) is 12.2 Å². The van der Waals surface area contributed by atoms with E-state index in [1.165, 1.54) is 0 Å². The third kappa shape index (κ3) is 9.19. The highest BCUT2D eigenvalue weighted by Crippen LogP contribution is 2.29. The molecule has 0 aliphatic heterocycles. The van der Waals surface area contributed by atoms with Gasteiger partial charge in [-0.05, 0) is 29.4 Å². The van der Waals surface area contributed by atoms with Crippen LogP contribution in [0.25, 0.3) is 11.1 Å². The predicted molar refractivity (Wildman–Crippen MR) is 140 cm³/mol. The fourth-order valence-corrected chi connectivity index (χ4v) is 3.35. The van der Waals surface area contributed by atoms with Gasteiger partial charge in [-0.25, -0.2) is 0 Å². The Morgan fingerprint density at radius 3 is 2.17 bits per heavy atom. The smallest absolute Gasteiger partial charge is 0.306 e. The SMILES string of the molecule is O=C(COc1ccccc1-c1ccccc1)NNC(=S)NC(=O)CCC(=O)OCCc1ccccc1. The van der Waals surface area contributed by atoms with E-state index in [0.717, 1.165) is 16.7 Å². The fraction of sp³-hybridized carbons (Fsp3) is 0.185. The van der Waals surface area contributed by atoms with Crippen molar-refractivity contribution in [2.75, 3.05) is 13.2 Å². The van der Waals surface area contributed by atoms with Crippen LogP contribution < -0.4 is 20.9 Å². The molecule has 0 heterocycles. The van der Waals surface area contributed by atoms with Crippen molar-refractivity contribution in [1.82, 2.24) is 16.2 Å². The van der Waals surface area contributed by atoms with Crippen LogP contribution >= 0.6 is 12.2 Å². The molecular weight excluding hydrogens is 478 g/mol. The zero-order valence-electron chi connectivity index (χ0n) is 19.6. The van der Waals surface area contributed by atoms with E-state index in [1.807, 2.05) is 78.9 Å². The molecule has 8 nitrogen and oxygen atoms in total. The summed E-state index contributed by atoms with van der Waals surface area (Å²) in [5.41, 5.74) is 7.70. The first-order chi connectivity index (χ1) is 17.5. The molecule has 36 heavy (non-hydrogen) atoms. The van der Waals surface area contributed by atoms with Crippen molar-refractivity contribution in [1.29, 1.82) is 0 Å². The zero-order chi connectivity index (χ0) is 25.6. The van der Waals surface area contributed by atoms with Gasteiger partial charge >= 0.3 is 5.97 Å². The summed E-state index contributed by atoms with van der Waals surface area (Å²) in [6.07, 6.45) is 0.428. The molecule has 0 aliphatic carbocycles. The summed E-state index contributed by atoms with van der Waals surface area (Å²) < 4.78 is 10.8. The van der Waals surface area contributed by atoms with Crippen LogP contribution in [-0.4, -0.2) is 36.1 Å². The van der Waals surface area contributed by atoms with Crippen LogP contribution in [-0.2, 0) is 25.5 Å². The van der Waals surface area contributed by atoms with Gasteiger partial charge in [0.25, 0.3) is 5.91 Å². The Balaban J connectivity index is 1.31. The van der Waals surface area contributed by atoms with Crippen molar-refractivity contribution in [3.63, 3.8) is 0 Å². The summed E-state index contributed by atoms with van der Waals surface area (Å²) in [6.45, 7) is -0.0173. The van der Waals surface area contributed by atoms with Crippen LogP contribution in [0.4, 0.5) is 0 Å². The van der Waals surface area contributed by atoms with Gasteiger partial charge in [0.1, 0.15) is 5.75 Å². The predicted octanol–water partition coefficient (Wildman–Crippen LogP) is 3.32. The Bertz CT molecular complexity index is 1170. The number of thiocarbonyl (C=S) groups is 1. The van der Waals surface area contributed by atoms with E-state index in [2.05, 4.69) is 16.2 Å². The van der Waals surface area contributed by atoms with Crippen molar-refractivity contribution >= 4 is 35.1 Å². The van der Waals surface area contributed by atoms with Crippen LogP contribution in [0.15, 0.2) is 84.9 Å². The summed E-state index contributed by atoms with van der Waals surface area (Å²) in [6, 6.07) is 26.7. The highest BCUT2D eigenvalue weighted by molar-refractivity contribution is 7.80. The molecule has 9 heteroatoms. The molecule has 0 radical (unpaired) electrons. The van der Waals surface area contributed by atoms with E-state index in [1.54, 1.807) is 6.07 Å². The first kappa shape index (κ1) is 26.4. The second-order valence-electron chi connectivity index (χ2n) is 7.66. The summed E-state index contributed by atoms with van der Waals surface area (Å²) in [5, 5.41) is 2.29. The minimum Gasteiger partial charge on any atom is -0.483 e. The molecule has 0 aliphatic rings. The maximum Gasteiger partial charge on any atom is 0.306 e. The van der Waals surface area contributed by atoms with Crippen LogP contribution in [0.1, 0.15) is 18.4 Å². The Hall–Kier alpha value is -4.24. The lowest BCUT2D eigenvalue weighted by atomic mass is 10.1. The quantitative estimate of drug-likeness (QED) is 0.221. The number of carbonyl (C=O) groups excluding carboxylic acids is 3. The first-order valence-corrected chi connectivity index (χ1v) is 11.8. The van der Waals surface area contributed by atoms with Gasteiger partial charge in [0, 0.05) is 18.4 Å². The number of rotatable bonds is 10. The van der Waals surface area contributed by atoms with Crippen LogP contribution in [0.2, 0.25) is 0 Å². The molecule has 186 valence electrons. The van der Waals surface area contributed by atoms with Crippen molar-refractivity contribution in [2.24, 2.45) is 0 Å². The minimum atomic E-state index is -0.489. The van der Waals surface area contributed by atoms with Gasteiger partial charge in [-0.1, -0.05) is 78.9 Å². The number of para-hydroxylation sites is 1. The van der Waals surface area contributed by atoms with E-state index < -0.39 is 17.8 Å². The number of hydrogen-bond acceptors (Lipinski definition) is 6. The highest BCUT2D eigenvalue weighted by Gasteiger charge is 2.11. The van der Waals surface area contributed by atoms with E-state index in [4.69, 9.17) is 21.7 Å². The number of hydrogen-bond donors (Lipinski definition) is 3. The Morgan fingerprint density at radius 1 is 0.750 bits per heavy atom. The van der Waals surface area contributed by atoms with Crippen molar-refractivity contribution < 1.29 is 23.9 Å². The summed E-state index contributed by atoms with van der Waals surface area (Å²) in [5.74, 6) is -0.877. The lowest BCUT2D eigenvalue weighted by Gasteiger charge is -2.13. The molecule has 0 spiro atoms. The topological polar surface area (TPSA) is 106 Å². The Morgan fingerprint density at radius 2 is 1.42 bits per heavy atom. The lowest BCUT2D eigenvalue weighted by molar-refractivity contribution is -0.144. The van der Waals surface area contributed by atoms with E-state index in [9.17, 15) is 14.4 Å². The normalized spacial score (nSPS) is 10.1. The molecule has 2 amide bonds. The summed E-state index contributed by atoms with van der Waals surface area (Å²) >= 11 is 5.00. The van der Waals surface area contributed by atoms with Gasteiger partial charge in [-0.2, -0.15) is 0 Å². The number of nitrogens with one attached hydrogen (secondary N) is 3. The number of esters is 1. The van der Waals surface area contributed by atoms with Crippen molar-refractivity contribution in [2.45, 2.75) is 19.3 Å². The largest absolute Gasteiger partial charge is 0.483 e. The maximum absolute atomic E-state index is 12.1. The van der Waals surface area contributed by atoms with Gasteiger partial charge in [0.15, 0.2) is 11.7 Å². The van der Waals surface area contributed by atoms with Gasteiger partial charge in [-0.3, -0.25) is 25.2 Å². The zero-order valence-corrected chi connectivity index (χ0v) is 20.4. The number of hydrazine groups is 1. The molecule has 0 bridgehead atoms. The van der Waals surface area contributed by atoms with E-state index in [-0.39, 0.29) is 31.2 Å². The number of carbonyl (C=O) groups is 3. The fourth-order valence-electron chi connectivity index (χ4n) is 3.19. The van der Waals surface area contributed by atoms with E-state index >= 15 is 0 Å². The second-order valence-corrected chi connectivity index (χ2v) is 8.07. The molecular formula is C27H27N3O5S. The molecule has 0 unspecified atom stereocenters. The molecule has 3 N–H and O–H groups in total. The third-order valence-electron chi connectivity index (χ3n) is 4.95. The lowest BCUT2D eigenvalue weighted by Crippen LogP contribution is -2.49. The van der Waals surface area contributed by atoms with Crippen molar-refractivity contribution in [3.8, 4) is 16.9 Å². The third-order valence-corrected chi connectivity index (χ3v) is 5.16. The Labute approximate surface area is 215 Å². The molecule has 3 aromatic rings.